The number of methoxy groups -OCH3 is 1. The van der Waals surface area contributed by atoms with Crippen LogP contribution in [-0.2, 0) is 11.2 Å². The van der Waals surface area contributed by atoms with Crippen LogP contribution in [0.3, 0.4) is 0 Å². The molecule has 0 atom stereocenters. The number of benzene rings is 3. The van der Waals surface area contributed by atoms with Crippen LogP contribution in [0.15, 0.2) is 75.8 Å². The fourth-order valence-electron chi connectivity index (χ4n) is 3.02. The summed E-state index contributed by atoms with van der Waals surface area (Å²) in [4.78, 5) is 4.27. The van der Waals surface area contributed by atoms with Crippen molar-refractivity contribution in [2.45, 2.75) is 6.42 Å². The lowest BCUT2D eigenvalue weighted by molar-refractivity contribution is 0.202. The second-order valence-electron chi connectivity index (χ2n) is 6.87. The van der Waals surface area contributed by atoms with E-state index in [1.807, 2.05) is 48.5 Å². The second-order valence-corrected chi connectivity index (χ2v) is 7.72. The Balaban J connectivity index is 1.46. The van der Waals surface area contributed by atoms with Crippen molar-refractivity contribution in [1.29, 1.82) is 0 Å². The normalized spacial score (nSPS) is 10.9. The number of aromatic nitrogens is 1. The highest BCUT2D eigenvalue weighted by Gasteiger charge is 2.13. The van der Waals surface area contributed by atoms with Crippen molar-refractivity contribution in [3.63, 3.8) is 0 Å². The number of phenolic OH excluding ortho intramolecular Hbond substituents is 2. The summed E-state index contributed by atoms with van der Waals surface area (Å²) in [5.41, 5.74) is 2.57. The van der Waals surface area contributed by atoms with E-state index in [1.165, 1.54) is 11.6 Å². The first-order valence-corrected chi connectivity index (χ1v) is 10.4. The molecule has 0 spiro atoms. The van der Waals surface area contributed by atoms with Crippen molar-refractivity contribution >= 4 is 15.9 Å². The molecule has 4 aromatic rings. The molecule has 1 aromatic heterocycles. The van der Waals surface area contributed by atoms with Crippen LogP contribution in [0.25, 0.3) is 22.8 Å². The molecule has 3 aromatic carbocycles. The first kappa shape index (κ1) is 21.0. The van der Waals surface area contributed by atoms with Gasteiger partial charge in [0.1, 0.15) is 11.5 Å². The van der Waals surface area contributed by atoms with Crippen molar-refractivity contribution < 1.29 is 24.1 Å². The zero-order chi connectivity index (χ0) is 21.8. The monoisotopic (exact) mass is 481 g/mol. The van der Waals surface area contributed by atoms with Crippen LogP contribution >= 0.6 is 15.9 Å². The highest BCUT2D eigenvalue weighted by Crippen LogP contribution is 2.38. The number of oxazole rings is 1. The predicted molar refractivity (Wildman–Crippen MR) is 121 cm³/mol. The van der Waals surface area contributed by atoms with E-state index >= 15 is 0 Å². The average Bonchev–Trinajstić information content (AvgIpc) is 3.27. The SMILES string of the molecule is COCCc1ccc(Oc2ccc(-c3cnc(-c4cc(O)c(O)c(Br)c4)o3)cc2)cc1. The molecule has 0 aliphatic heterocycles. The van der Waals surface area contributed by atoms with Crippen molar-refractivity contribution in [1.82, 2.24) is 4.98 Å². The summed E-state index contributed by atoms with van der Waals surface area (Å²) in [6.07, 6.45) is 2.48. The summed E-state index contributed by atoms with van der Waals surface area (Å²) < 4.78 is 17.2. The van der Waals surface area contributed by atoms with E-state index in [2.05, 4.69) is 20.9 Å². The smallest absolute Gasteiger partial charge is 0.226 e. The van der Waals surface area contributed by atoms with E-state index in [0.29, 0.717) is 34.0 Å². The van der Waals surface area contributed by atoms with E-state index in [9.17, 15) is 10.2 Å². The summed E-state index contributed by atoms with van der Waals surface area (Å²) >= 11 is 3.20. The Labute approximate surface area is 187 Å². The van der Waals surface area contributed by atoms with Crippen LogP contribution in [0.4, 0.5) is 0 Å². The molecule has 158 valence electrons. The van der Waals surface area contributed by atoms with Crippen LogP contribution in [0.5, 0.6) is 23.0 Å². The molecular weight excluding hydrogens is 462 g/mol. The largest absolute Gasteiger partial charge is 0.504 e. The number of ether oxygens (including phenoxy) is 2. The number of rotatable bonds is 7. The fourth-order valence-corrected chi connectivity index (χ4v) is 3.47. The molecule has 0 radical (unpaired) electrons. The molecule has 0 aliphatic carbocycles. The van der Waals surface area contributed by atoms with E-state index < -0.39 is 0 Å². The number of aromatic hydroxyl groups is 2. The summed E-state index contributed by atoms with van der Waals surface area (Å²) in [5, 5.41) is 19.5. The molecule has 0 amide bonds. The third-order valence-corrected chi connectivity index (χ3v) is 5.29. The van der Waals surface area contributed by atoms with Gasteiger partial charge >= 0.3 is 0 Å². The number of hydrogen-bond acceptors (Lipinski definition) is 6. The number of halogens is 1. The van der Waals surface area contributed by atoms with Crippen molar-refractivity contribution in [2.24, 2.45) is 0 Å². The zero-order valence-corrected chi connectivity index (χ0v) is 18.3. The van der Waals surface area contributed by atoms with Gasteiger partial charge in [-0.3, -0.25) is 0 Å². The summed E-state index contributed by atoms with van der Waals surface area (Å²) in [6.45, 7) is 0.691. The van der Waals surface area contributed by atoms with Gasteiger partial charge in [-0.2, -0.15) is 0 Å². The zero-order valence-electron chi connectivity index (χ0n) is 16.7. The first-order valence-electron chi connectivity index (χ1n) is 9.57. The molecule has 0 aliphatic rings. The molecule has 0 unspecified atom stereocenters. The summed E-state index contributed by atoms with van der Waals surface area (Å²) in [5.74, 6) is 1.90. The molecule has 1 heterocycles. The maximum atomic E-state index is 9.80. The number of hydrogen-bond donors (Lipinski definition) is 2. The Kier molecular flexibility index (Phi) is 6.25. The molecule has 0 saturated carbocycles. The first-order chi connectivity index (χ1) is 15.0. The Morgan fingerprint density at radius 1 is 0.935 bits per heavy atom. The quantitative estimate of drug-likeness (QED) is 0.307. The maximum Gasteiger partial charge on any atom is 0.226 e. The van der Waals surface area contributed by atoms with Gasteiger partial charge in [-0.1, -0.05) is 12.1 Å². The molecule has 2 N–H and O–H groups in total. The standard InChI is InChI=1S/C24H20BrNO5/c1-29-11-10-15-2-6-18(7-3-15)30-19-8-4-16(5-9-19)22-14-26-24(31-22)17-12-20(25)23(28)21(27)13-17/h2-9,12-14,27-28H,10-11H2,1H3. The van der Waals surface area contributed by atoms with Crippen molar-refractivity contribution in [3.8, 4) is 45.8 Å². The second kappa shape index (κ2) is 9.24. The van der Waals surface area contributed by atoms with Gasteiger partial charge in [0.05, 0.1) is 17.3 Å². The molecule has 7 heteroatoms. The maximum absolute atomic E-state index is 9.80. The Morgan fingerprint density at radius 2 is 1.61 bits per heavy atom. The minimum atomic E-state index is -0.252. The Morgan fingerprint density at radius 3 is 2.26 bits per heavy atom. The molecule has 0 saturated heterocycles. The fraction of sp³-hybridized carbons (Fsp3) is 0.125. The number of nitrogens with zero attached hydrogens (tertiary/aromatic N) is 1. The van der Waals surface area contributed by atoms with Crippen LogP contribution in [0.1, 0.15) is 5.56 Å². The minimum absolute atomic E-state index is 0.226. The summed E-state index contributed by atoms with van der Waals surface area (Å²) in [7, 11) is 1.69. The highest BCUT2D eigenvalue weighted by molar-refractivity contribution is 9.10. The molecule has 4 rings (SSSR count). The molecule has 31 heavy (non-hydrogen) atoms. The van der Waals surface area contributed by atoms with E-state index in [0.717, 1.165) is 17.7 Å². The Hall–Kier alpha value is -3.29. The van der Waals surface area contributed by atoms with Gasteiger partial charge < -0.3 is 24.1 Å². The molecular formula is C24H20BrNO5. The van der Waals surface area contributed by atoms with Gasteiger partial charge in [0.2, 0.25) is 5.89 Å². The predicted octanol–water partition coefficient (Wildman–Crippen LogP) is 6.16. The topological polar surface area (TPSA) is 85.0 Å². The van der Waals surface area contributed by atoms with Crippen LogP contribution in [0.2, 0.25) is 0 Å². The van der Waals surface area contributed by atoms with E-state index in [4.69, 9.17) is 13.9 Å². The van der Waals surface area contributed by atoms with Gasteiger partial charge in [-0.05, 0) is 76.4 Å². The highest BCUT2D eigenvalue weighted by atomic mass is 79.9. The average molecular weight is 482 g/mol. The van der Waals surface area contributed by atoms with Gasteiger partial charge in [-0.15, -0.1) is 0 Å². The van der Waals surface area contributed by atoms with Gasteiger partial charge in [0, 0.05) is 18.2 Å². The lowest BCUT2D eigenvalue weighted by Gasteiger charge is -2.07. The minimum Gasteiger partial charge on any atom is -0.504 e. The van der Waals surface area contributed by atoms with Gasteiger partial charge in [0.15, 0.2) is 17.3 Å². The van der Waals surface area contributed by atoms with E-state index in [1.54, 1.807) is 19.4 Å². The lowest BCUT2D eigenvalue weighted by atomic mass is 10.1. The summed E-state index contributed by atoms with van der Waals surface area (Å²) in [6, 6.07) is 18.4. The van der Waals surface area contributed by atoms with Crippen molar-refractivity contribution in [2.75, 3.05) is 13.7 Å². The Bertz CT molecular complexity index is 1150. The molecule has 0 fully saturated rings. The van der Waals surface area contributed by atoms with Gasteiger partial charge in [0.25, 0.3) is 0 Å². The van der Waals surface area contributed by atoms with Crippen LogP contribution < -0.4 is 4.74 Å². The van der Waals surface area contributed by atoms with Gasteiger partial charge in [-0.25, -0.2) is 4.98 Å². The molecule has 6 nitrogen and oxygen atoms in total. The van der Waals surface area contributed by atoms with Crippen molar-refractivity contribution in [3.05, 3.63) is 76.9 Å². The third kappa shape index (κ3) is 4.90. The lowest BCUT2D eigenvalue weighted by Crippen LogP contribution is -1.94. The van der Waals surface area contributed by atoms with Crippen LogP contribution in [0, 0.1) is 0 Å². The number of phenols is 2. The molecule has 0 bridgehead atoms. The van der Waals surface area contributed by atoms with Crippen LogP contribution in [-0.4, -0.2) is 28.9 Å². The van der Waals surface area contributed by atoms with E-state index in [-0.39, 0.29) is 11.5 Å². The third-order valence-electron chi connectivity index (χ3n) is 4.69.